The number of nitrogens with one attached hydrogen (secondary N) is 1. The van der Waals surface area contributed by atoms with Crippen LogP contribution in [0.25, 0.3) is 22.1 Å². The lowest BCUT2D eigenvalue weighted by Crippen LogP contribution is -2.42. The number of hydrogen-bond acceptors (Lipinski definition) is 7. The summed E-state index contributed by atoms with van der Waals surface area (Å²) in [6.07, 6.45) is -4.20. The van der Waals surface area contributed by atoms with Gasteiger partial charge in [0.1, 0.15) is 24.3 Å². The number of aliphatic carboxylic acids is 1. The number of β-amino-alcohol motifs (C(OH)–C–C–N with tert-alkyl or cyclic N) is 1. The number of H-pyrrole nitrogens is 1. The Labute approximate surface area is 218 Å². The van der Waals surface area contributed by atoms with Crippen LogP contribution in [-0.2, 0) is 4.79 Å². The van der Waals surface area contributed by atoms with Crippen LogP contribution < -0.4 is 10.4 Å². The molecule has 0 bridgehead atoms. The number of piperidine rings is 1. The normalized spacial score (nSPS) is 15.7. The Balaban J connectivity index is 0.000000448. The van der Waals surface area contributed by atoms with Gasteiger partial charge >= 0.3 is 17.8 Å². The summed E-state index contributed by atoms with van der Waals surface area (Å²) in [6, 6.07) is 9.89. The molecule has 0 unspecified atom stereocenters. The third-order valence-corrected chi connectivity index (χ3v) is 6.23. The Kier molecular flexibility index (Phi) is 8.25. The summed E-state index contributed by atoms with van der Waals surface area (Å²) >= 11 is 0. The van der Waals surface area contributed by atoms with Crippen LogP contribution in [0.15, 0.2) is 45.6 Å². The number of ether oxygens (including phenoxy) is 1. The summed E-state index contributed by atoms with van der Waals surface area (Å²) in [4.78, 5) is 30.6. The molecule has 0 amide bonds. The molecule has 1 aliphatic rings. The minimum Gasteiger partial charge on any atom is -0.488 e. The predicted octanol–water partition coefficient (Wildman–Crippen LogP) is 3.63. The monoisotopic (exact) mass is 554 g/mol. The third kappa shape index (κ3) is 6.75. The number of halogens is 4. The highest BCUT2D eigenvalue weighted by molar-refractivity contribution is 5.79. The number of para-hydroxylation sites is 1. The Bertz CT molecular complexity index is 1500. The molecule has 210 valence electrons. The van der Waals surface area contributed by atoms with Crippen LogP contribution in [0.2, 0.25) is 0 Å². The Morgan fingerprint density at radius 1 is 1.26 bits per heavy atom. The van der Waals surface area contributed by atoms with E-state index >= 15 is 0 Å². The average molecular weight is 554 g/mol. The number of carbonyl (C=O) groups is 1. The molecule has 5 rings (SSSR count). The van der Waals surface area contributed by atoms with Crippen molar-refractivity contribution in [2.45, 2.75) is 38.1 Å². The number of nitrogens with zero attached hydrogens (tertiary/aromatic N) is 3. The smallest absolute Gasteiger partial charge is 0.488 e. The fourth-order valence-electron chi connectivity index (χ4n) is 4.51. The molecule has 4 aromatic rings. The van der Waals surface area contributed by atoms with E-state index < -0.39 is 18.2 Å². The van der Waals surface area contributed by atoms with Crippen LogP contribution >= 0.6 is 0 Å². The second-order valence-corrected chi connectivity index (χ2v) is 9.10. The van der Waals surface area contributed by atoms with E-state index in [0.717, 1.165) is 31.4 Å². The van der Waals surface area contributed by atoms with Gasteiger partial charge in [-0.05, 0) is 43.2 Å². The van der Waals surface area contributed by atoms with E-state index in [1.165, 1.54) is 12.1 Å². The Morgan fingerprint density at radius 3 is 2.62 bits per heavy atom. The zero-order valence-corrected chi connectivity index (χ0v) is 20.7. The van der Waals surface area contributed by atoms with Gasteiger partial charge in [0.25, 0.3) is 0 Å². The highest BCUT2D eigenvalue weighted by Crippen LogP contribution is 2.27. The summed E-state index contributed by atoms with van der Waals surface area (Å²) in [5, 5.41) is 17.6. The number of likely N-dealkylation sites (tertiary alicyclic amines) is 1. The van der Waals surface area contributed by atoms with Crippen molar-refractivity contribution in [3.8, 4) is 5.75 Å². The quantitative estimate of drug-likeness (QED) is 0.308. The topological polar surface area (TPSA) is 134 Å². The number of aliphatic hydroxyl groups is 1. The van der Waals surface area contributed by atoms with Gasteiger partial charge in [-0.3, -0.25) is 4.57 Å². The molecule has 2 aromatic heterocycles. The SMILES string of the molecule is Cc1nc2c(OC[C@H](O)CN3CCC(n4c(=O)[nH]c5cc(F)ccc54)CC3)cccc2o1.O=C(O)C(F)(F)F. The molecule has 3 heterocycles. The van der Waals surface area contributed by atoms with E-state index in [2.05, 4.69) is 14.9 Å². The zero-order valence-electron chi connectivity index (χ0n) is 20.7. The highest BCUT2D eigenvalue weighted by atomic mass is 19.4. The molecule has 14 heteroatoms. The van der Waals surface area contributed by atoms with Crippen molar-refractivity contribution in [1.29, 1.82) is 0 Å². The maximum absolute atomic E-state index is 13.5. The number of carboxylic acid groups (broad SMARTS) is 1. The maximum atomic E-state index is 13.5. The molecule has 1 saturated heterocycles. The van der Waals surface area contributed by atoms with Crippen LogP contribution in [0, 0.1) is 12.7 Å². The molecule has 1 atom stereocenters. The van der Waals surface area contributed by atoms with E-state index in [1.807, 2.05) is 18.2 Å². The van der Waals surface area contributed by atoms with Crippen molar-refractivity contribution in [3.05, 3.63) is 58.6 Å². The van der Waals surface area contributed by atoms with Crippen molar-refractivity contribution >= 4 is 28.1 Å². The number of benzene rings is 2. The molecule has 0 spiro atoms. The second-order valence-electron chi connectivity index (χ2n) is 9.10. The van der Waals surface area contributed by atoms with Crippen molar-refractivity contribution < 1.29 is 41.7 Å². The lowest BCUT2D eigenvalue weighted by Gasteiger charge is -2.33. The zero-order chi connectivity index (χ0) is 28.3. The van der Waals surface area contributed by atoms with Crippen LogP contribution in [-0.4, -0.2) is 74.1 Å². The lowest BCUT2D eigenvalue weighted by molar-refractivity contribution is -0.192. The number of rotatable bonds is 6. The number of carboxylic acids is 1. The number of aromatic nitrogens is 3. The van der Waals surface area contributed by atoms with Crippen molar-refractivity contribution in [2.75, 3.05) is 26.2 Å². The van der Waals surface area contributed by atoms with Gasteiger partial charge < -0.3 is 29.3 Å². The number of imidazole rings is 1. The first kappa shape index (κ1) is 28.1. The number of hydrogen-bond donors (Lipinski definition) is 3. The Morgan fingerprint density at radius 2 is 1.95 bits per heavy atom. The van der Waals surface area contributed by atoms with Crippen molar-refractivity contribution in [2.24, 2.45) is 0 Å². The summed E-state index contributed by atoms with van der Waals surface area (Å²) < 4.78 is 58.2. The van der Waals surface area contributed by atoms with Crippen LogP contribution in [0.3, 0.4) is 0 Å². The molecule has 0 saturated carbocycles. The summed E-state index contributed by atoms with van der Waals surface area (Å²) in [7, 11) is 0. The van der Waals surface area contributed by atoms with Crippen LogP contribution in [0.5, 0.6) is 5.75 Å². The number of aromatic amines is 1. The summed E-state index contributed by atoms with van der Waals surface area (Å²) in [5.41, 5.74) is 2.34. The number of aryl methyl sites for hydroxylation is 1. The Hall–Kier alpha value is -3.91. The number of fused-ring (bicyclic) bond motifs is 2. The molecule has 10 nitrogen and oxygen atoms in total. The minimum absolute atomic E-state index is 0.0411. The molecule has 0 aliphatic carbocycles. The first-order valence-corrected chi connectivity index (χ1v) is 12.0. The molecular formula is C25H26F4N4O6. The molecule has 0 radical (unpaired) electrons. The van der Waals surface area contributed by atoms with Crippen molar-refractivity contribution in [1.82, 2.24) is 19.4 Å². The van der Waals surface area contributed by atoms with Gasteiger partial charge in [0.2, 0.25) is 0 Å². The third-order valence-electron chi connectivity index (χ3n) is 6.23. The van der Waals surface area contributed by atoms with E-state index in [9.17, 15) is 27.5 Å². The number of oxazole rings is 1. The minimum atomic E-state index is -5.08. The highest BCUT2D eigenvalue weighted by Gasteiger charge is 2.38. The first-order chi connectivity index (χ1) is 18.4. The molecule has 1 aliphatic heterocycles. The maximum Gasteiger partial charge on any atom is 0.490 e. The van der Waals surface area contributed by atoms with Crippen LogP contribution in [0.4, 0.5) is 17.6 Å². The van der Waals surface area contributed by atoms with Gasteiger partial charge in [-0.2, -0.15) is 13.2 Å². The predicted molar refractivity (Wildman–Crippen MR) is 131 cm³/mol. The number of aliphatic hydroxyl groups excluding tert-OH is 1. The van der Waals surface area contributed by atoms with Gasteiger partial charge in [0.15, 0.2) is 17.0 Å². The fraction of sp³-hybridized carbons (Fsp3) is 0.400. The molecule has 39 heavy (non-hydrogen) atoms. The van der Waals surface area contributed by atoms with Gasteiger partial charge in [-0.25, -0.2) is 19.0 Å². The average Bonchev–Trinajstić information content (AvgIpc) is 3.41. The largest absolute Gasteiger partial charge is 0.490 e. The van der Waals surface area contributed by atoms with Gasteiger partial charge in [-0.1, -0.05) is 6.07 Å². The second kappa shape index (κ2) is 11.5. The molecule has 3 N–H and O–H groups in total. The van der Waals surface area contributed by atoms with Crippen molar-refractivity contribution in [3.63, 3.8) is 0 Å². The molecular weight excluding hydrogens is 528 g/mol. The van der Waals surface area contributed by atoms with E-state index in [0.29, 0.717) is 34.8 Å². The molecule has 2 aromatic carbocycles. The van der Waals surface area contributed by atoms with E-state index in [4.69, 9.17) is 19.1 Å². The first-order valence-electron chi connectivity index (χ1n) is 12.0. The summed E-state index contributed by atoms with van der Waals surface area (Å²) in [6.45, 7) is 3.91. The lowest BCUT2D eigenvalue weighted by atomic mass is 10.0. The number of alkyl halides is 3. The van der Waals surface area contributed by atoms with Gasteiger partial charge in [0, 0.05) is 32.6 Å². The summed E-state index contributed by atoms with van der Waals surface area (Å²) in [5.74, 6) is -1.97. The fourth-order valence-corrected chi connectivity index (χ4v) is 4.51. The van der Waals surface area contributed by atoms with E-state index in [-0.39, 0.29) is 24.2 Å². The standard InChI is InChI=1S/C23H25FN4O4.C2HF3O2/c1-14-25-22-20(3-2-4-21(22)32-14)31-13-17(29)12-27-9-7-16(8-10-27)28-19-6-5-15(24)11-18(19)26-23(28)30;3-2(4,5)1(6)7/h2-6,11,16-17,29H,7-10,12-13H2,1H3,(H,26,30);(H,6,7)/t17-;/m1./s1. The van der Waals surface area contributed by atoms with Crippen LogP contribution in [0.1, 0.15) is 24.8 Å². The van der Waals surface area contributed by atoms with E-state index in [1.54, 1.807) is 17.6 Å². The van der Waals surface area contributed by atoms with Gasteiger partial charge in [0.05, 0.1) is 11.0 Å². The van der Waals surface area contributed by atoms with Gasteiger partial charge in [-0.15, -0.1) is 0 Å². The molecule has 1 fully saturated rings.